The van der Waals surface area contributed by atoms with Crippen LogP contribution in [0.15, 0.2) is 12.1 Å². The van der Waals surface area contributed by atoms with Crippen molar-refractivity contribution in [3.63, 3.8) is 0 Å². The summed E-state index contributed by atoms with van der Waals surface area (Å²) in [6.07, 6.45) is -4.59. The Bertz CT molecular complexity index is 429. The Kier molecular flexibility index (Phi) is 3.72. The Hall–Kier alpha value is -1.63. The van der Waals surface area contributed by atoms with Crippen molar-refractivity contribution in [2.24, 2.45) is 5.84 Å². The number of nitrogens with zero attached hydrogens (tertiary/aromatic N) is 1. The number of nitrogen functional groups attached to an aromatic ring is 1. The molecule has 3 N–H and O–H groups in total. The van der Waals surface area contributed by atoms with Crippen LogP contribution in [0.4, 0.5) is 13.2 Å². The highest BCUT2D eigenvalue weighted by Gasteiger charge is 2.33. The molecule has 0 atom stereocenters. The Balaban J connectivity index is 3.34. The van der Waals surface area contributed by atoms with Gasteiger partial charge >= 0.3 is 6.18 Å². The molecular formula is C10H12F3N3O. The van der Waals surface area contributed by atoms with Crippen LogP contribution < -0.4 is 11.3 Å². The van der Waals surface area contributed by atoms with E-state index in [0.717, 1.165) is 6.07 Å². The van der Waals surface area contributed by atoms with Crippen molar-refractivity contribution >= 4 is 5.91 Å². The maximum Gasteiger partial charge on any atom is 0.433 e. The third-order valence-electron chi connectivity index (χ3n) is 2.17. The van der Waals surface area contributed by atoms with Gasteiger partial charge in [0.2, 0.25) is 0 Å². The predicted octanol–water partition coefficient (Wildman–Crippen LogP) is 1.83. The van der Waals surface area contributed by atoms with Gasteiger partial charge in [0.05, 0.1) is 0 Å². The van der Waals surface area contributed by atoms with Crippen LogP contribution in [0.25, 0.3) is 0 Å². The van der Waals surface area contributed by atoms with Crippen molar-refractivity contribution in [1.82, 2.24) is 10.4 Å². The van der Waals surface area contributed by atoms with Crippen LogP contribution in [0.3, 0.4) is 0 Å². The minimum Gasteiger partial charge on any atom is -0.289 e. The molecule has 17 heavy (non-hydrogen) atoms. The van der Waals surface area contributed by atoms with E-state index in [2.05, 4.69) is 4.98 Å². The van der Waals surface area contributed by atoms with Crippen molar-refractivity contribution in [2.45, 2.75) is 25.9 Å². The Morgan fingerprint density at radius 3 is 2.41 bits per heavy atom. The lowest BCUT2D eigenvalue weighted by atomic mass is 10.0. The van der Waals surface area contributed by atoms with Gasteiger partial charge in [0.25, 0.3) is 5.91 Å². The number of amides is 1. The van der Waals surface area contributed by atoms with E-state index in [1.54, 1.807) is 19.3 Å². The lowest BCUT2D eigenvalue weighted by molar-refractivity contribution is -0.141. The zero-order valence-corrected chi connectivity index (χ0v) is 9.30. The molecule has 0 fully saturated rings. The fraction of sp³-hybridized carbons (Fsp3) is 0.400. The van der Waals surface area contributed by atoms with Gasteiger partial charge in [-0.1, -0.05) is 13.8 Å². The van der Waals surface area contributed by atoms with Gasteiger partial charge in [-0.05, 0) is 23.6 Å². The molecule has 0 bridgehead atoms. The highest BCUT2D eigenvalue weighted by molar-refractivity contribution is 5.92. The zero-order chi connectivity index (χ0) is 13.2. The second kappa shape index (κ2) is 4.70. The van der Waals surface area contributed by atoms with Crippen LogP contribution in [-0.2, 0) is 6.18 Å². The minimum atomic E-state index is -4.59. The second-order valence-corrected chi connectivity index (χ2v) is 3.80. The molecule has 4 nitrogen and oxygen atoms in total. The molecule has 1 rings (SSSR count). The Labute approximate surface area is 96.0 Å². The number of nitrogens with two attached hydrogens (primary N) is 1. The third kappa shape index (κ3) is 3.16. The predicted molar refractivity (Wildman–Crippen MR) is 55.0 cm³/mol. The molecule has 94 valence electrons. The number of alkyl halides is 3. The van der Waals surface area contributed by atoms with Crippen molar-refractivity contribution in [3.8, 4) is 0 Å². The molecule has 0 unspecified atom stereocenters. The van der Waals surface area contributed by atoms with Crippen LogP contribution in [0, 0.1) is 0 Å². The zero-order valence-electron chi connectivity index (χ0n) is 9.30. The van der Waals surface area contributed by atoms with Crippen LogP contribution in [0.5, 0.6) is 0 Å². The molecule has 0 spiro atoms. The molecule has 1 amide bonds. The van der Waals surface area contributed by atoms with Gasteiger partial charge in [-0.2, -0.15) is 13.2 Å². The number of hydrazine groups is 1. The normalized spacial score (nSPS) is 11.7. The number of carbonyl (C=O) groups is 1. The van der Waals surface area contributed by atoms with Gasteiger partial charge in [-0.15, -0.1) is 0 Å². The van der Waals surface area contributed by atoms with E-state index in [1.165, 1.54) is 6.07 Å². The number of aromatic nitrogens is 1. The summed E-state index contributed by atoms with van der Waals surface area (Å²) in [6.45, 7) is 3.44. The van der Waals surface area contributed by atoms with Crippen molar-refractivity contribution in [3.05, 3.63) is 29.1 Å². The van der Waals surface area contributed by atoms with E-state index in [0.29, 0.717) is 5.56 Å². The molecule has 0 radical (unpaired) electrons. The third-order valence-corrected chi connectivity index (χ3v) is 2.17. The summed E-state index contributed by atoms with van der Waals surface area (Å²) in [7, 11) is 0. The number of hydrogen-bond donors (Lipinski definition) is 2. The van der Waals surface area contributed by atoms with E-state index in [-0.39, 0.29) is 11.6 Å². The lowest BCUT2D eigenvalue weighted by Gasteiger charge is -2.12. The topological polar surface area (TPSA) is 68.0 Å². The lowest BCUT2D eigenvalue weighted by Crippen LogP contribution is -2.31. The van der Waals surface area contributed by atoms with Crippen molar-refractivity contribution in [2.75, 3.05) is 0 Å². The van der Waals surface area contributed by atoms with Gasteiger partial charge in [0, 0.05) is 0 Å². The highest BCUT2D eigenvalue weighted by Crippen LogP contribution is 2.30. The molecule has 0 aliphatic rings. The number of pyridine rings is 1. The number of nitrogens with one attached hydrogen (secondary N) is 1. The Morgan fingerprint density at radius 1 is 1.41 bits per heavy atom. The largest absolute Gasteiger partial charge is 0.433 e. The maximum absolute atomic E-state index is 12.6. The van der Waals surface area contributed by atoms with E-state index < -0.39 is 17.8 Å². The molecule has 7 heteroatoms. The molecule has 0 saturated heterocycles. The van der Waals surface area contributed by atoms with E-state index >= 15 is 0 Å². The van der Waals surface area contributed by atoms with Gasteiger partial charge in [-0.25, -0.2) is 10.8 Å². The number of halogens is 3. The van der Waals surface area contributed by atoms with Gasteiger partial charge < -0.3 is 0 Å². The van der Waals surface area contributed by atoms with Crippen molar-refractivity contribution < 1.29 is 18.0 Å². The van der Waals surface area contributed by atoms with Crippen LogP contribution in [0.2, 0.25) is 0 Å². The summed E-state index contributed by atoms with van der Waals surface area (Å²) >= 11 is 0. The molecule has 1 heterocycles. The molecule has 0 aliphatic carbocycles. The minimum absolute atomic E-state index is 0.150. The first kappa shape index (κ1) is 13.4. The van der Waals surface area contributed by atoms with Crippen molar-refractivity contribution in [1.29, 1.82) is 0 Å². The maximum atomic E-state index is 12.6. The van der Waals surface area contributed by atoms with Crippen LogP contribution >= 0.6 is 0 Å². The molecule has 1 aromatic heterocycles. The van der Waals surface area contributed by atoms with E-state index in [1.807, 2.05) is 0 Å². The summed E-state index contributed by atoms with van der Waals surface area (Å²) in [6, 6.07) is 2.22. The van der Waals surface area contributed by atoms with Crippen LogP contribution in [0.1, 0.15) is 41.5 Å². The number of carbonyl (C=O) groups excluding carboxylic acids is 1. The quantitative estimate of drug-likeness (QED) is 0.476. The summed E-state index contributed by atoms with van der Waals surface area (Å²) in [4.78, 5) is 14.4. The molecule has 0 aliphatic heterocycles. The molecule has 0 saturated carbocycles. The van der Waals surface area contributed by atoms with Crippen LogP contribution in [-0.4, -0.2) is 10.9 Å². The smallest absolute Gasteiger partial charge is 0.289 e. The summed E-state index contributed by atoms with van der Waals surface area (Å²) in [5, 5.41) is 0. The van der Waals surface area contributed by atoms with Gasteiger partial charge in [-0.3, -0.25) is 10.2 Å². The fourth-order valence-electron chi connectivity index (χ4n) is 1.22. The average Bonchev–Trinajstić information content (AvgIpc) is 2.26. The van der Waals surface area contributed by atoms with Gasteiger partial charge in [0.1, 0.15) is 11.4 Å². The monoisotopic (exact) mass is 247 g/mol. The molecule has 0 aromatic carbocycles. The SMILES string of the molecule is CC(C)c1cc(C(=O)NN)nc(C(F)(F)F)c1. The second-order valence-electron chi connectivity index (χ2n) is 3.80. The highest BCUT2D eigenvalue weighted by atomic mass is 19.4. The first-order valence-corrected chi connectivity index (χ1v) is 4.86. The van der Waals surface area contributed by atoms with Gasteiger partial charge in [0.15, 0.2) is 0 Å². The summed E-state index contributed by atoms with van der Waals surface area (Å²) < 4.78 is 37.7. The average molecular weight is 247 g/mol. The standard InChI is InChI=1S/C10H12F3N3O/c1-5(2)6-3-7(9(17)16-14)15-8(4-6)10(11,12)13/h3-5H,14H2,1-2H3,(H,16,17). The first-order chi connectivity index (χ1) is 7.75. The van der Waals surface area contributed by atoms with E-state index in [4.69, 9.17) is 5.84 Å². The van der Waals surface area contributed by atoms with E-state index in [9.17, 15) is 18.0 Å². The molecule has 1 aromatic rings. The Morgan fingerprint density at radius 2 is 2.00 bits per heavy atom. The number of hydrogen-bond acceptors (Lipinski definition) is 3. The summed E-state index contributed by atoms with van der Waals surface area (Å²) in [5.41, 5.74) is 0.701. The fourth-order valence-corrected chi connectivity index (χ4v) is 1.22. The summed E-state index contributed by atoms with van der Waals surface area (Å²) in [5.74, 6) is 3.87. The number of rotatable bonds is 2. The molecular weight excluding hydrogens is 235 g/mol. The first-order valence-electron chi connectivity index (χ1n) is 4.86.